The van der Waals surface area contributed by atoms with Crippen molar-refractivity contribution in [3.63, 3.8) is 0 Å². The molecular weight excluding hydrogens is 178 g/mol. The van der Waals surface area contributed by atoms with E-state index in [0.29, 0.717) is 12.3 Å². The van der Waals surface area contributed by atoms with E-state index in [1.54, 1.807) is 0 Å². The Morgan fingerprint density at radius 3 is 2.62 bits per heavy atom. The SMILES string of the molecule is O=C(C=CO)c1ccc(F)cc1F. The highest BCUT2D eigenvalue weighted by atomic mass is 19.1. The Morgan fingerprint density at radius 1 is 1.38 bits per heavy atom. The lowest BCUT2D eigenvalue weighted by molar-refractivity contribution is 0.104. The molecule has 13 heavy (non-hydrogen) atoms. The molecule has 0 atom stereocenters. The average molecular weight is 184 g/mol. The molecule has 0 bridgehead atoms. The molecular formula is C9H6F2O2. The van der Waals surface area contributed by atoms with E-state index in [1.165, 1.54) is 0 Å². The summed E-state index contributed by atoms with van der Waals surface area (Å²) in [5, 5.41) is 8.25. The van der Waals surface area contributed by atoms with Crippen LogP contribution in [-0.2, 0) is 0 Å². The van der Waals surface area contributed by atoms with Crippen molar-refractivity contribution in [3.8, 4) is 0 Å². The van der Waals surface area contributed by atoms with Crippen LogP contribution in [-0.4, -0.2) is 10.9 Å². The molecule has 0 unspecified atom stereocenters. The van der Waals surface area contributed by atoms with Gasteiger partial charge in [-0.15, -0.1) is 0 Å². The third kappa shape index (κ3) is 2.11. The smallest absolute Gasteiger partial charge is 0.191 e. The Balaban J connectivity index is 3.09. The van der Waals surface area contributed by atoms with Crippen LogP contribution in [0.15, 0.2) is 30.5 Å². The van der Waals surface area contributed by atoms with Gasteiger partial charge in [-0.2, -0.15) is 0 Å². The Kier molecular flexibility index (Phi) is 2.74. The lowest BCUT2D eigenvalue weighted by atomic mass is 10.1. The van der Waals surface area contributed by atoms with Gasteiger partial charge >= 0.3 is 0 Å². The highest BCUT2D eigenvalue weighted by molar-refractivity contribution is 6.04. The number of ketones is 1. The number of aliphatic hydroxyl groups is 1. The van der Waals surface area contributed by atoms with Crippen LogP contribution in [0.2, 0.25) is 0 Å². The van der Waals surface area contributed by atoms with E-state index in [-0.39, 0.29) is 5.56 Å². The number of rotatable bonds is 2. The molecule has 1 rings (SSSR count). The van der Waals surface area contributed by atoms with Gasteiger partial charge in [0.2, 0.25) is 0 Å². The number of aliphatic hydroxyl groups excluding tert-OH is 1. The van der Waals surface area contributed by atoms with Crippen molar-refractivity contribution in [2.24, 2.45) is 0 Å². The standard InChI is InChI=1S/C9H6F2O2/c10-6-1-2-7(8(11)5-6)9(13)3-4-12/h1-5,12H. The van der Waals surface area contributed by atoms with Gasteiger partial charge in [0.1, 0.15) is 11.6 Å². The number of hydrogen-bond acceptors (Lipinski definition) is 2. The first-order chi connectivity index (χ1) is 6.15. The van der Waals surface area contributed by atoms with Crippen molar-refractivity contribution in [2.45, 2.75) is 0 Å². The third-order valence-electron chi connectivity index (χ3n) is 1.42. The normalized spacial score (nSPS) is 10.6. The molecule has 0 amide bonds. The molecule has 0 fully saturated rings. The zero-order valence-electron chi connectivity index (χ0n) is 6.50. The van der Waals surface area contributed by atoms with Gasteiger partial charge in [0, 0.05) is 12.1 Å². The lowest BCUT2D eigenvalue weighted by Crippen LogP contribution is -1.98. The van der Waals surface area contributed by atoms with Crippen molar-refractivity contribution in [2.75, 3.05) is 0 Å². The lowest BCUT2D eigenvalue weighted by Gasteiger charge is -1.97. The maximum Gasteiger partial charge on any atom is 0.191 e. The van der Waals surface area contributed by atoms with Gasteiger partial charge in [-0.3, -0.25) is 4.79 Å². The fourth-order valence-electron chi connectivity index (χ4n) is 0.847. The quantitative estimate of drug-likeness (QED) is 0.434. The number of halogens is 2. The molecule has 1 N–H and O–H groups in total. The van der Waals surface area contributed by atoms with Crippen LogP contribution in [0.25, 0.3) is 0 Å². The van der Waals surface area contributed by atoms with Gasteiger partial charge in [-0.1, -0.05) is 0 Å². The summed E-state index contributed by atoms with van der Waals surface area (Å²) in [5.74, 6) is -2.40. The van der Waals surface area contributed by atoms with Crippen LogP contribution < -0.4 is 0 Å². The molecule has 0 heterocycles. The summed E-state index contributed by atoms with van der Waals surface area (Å²) in [7, 11) is 0. The molecule has 0 aliphatic rings. The van der Waals surface area contributed by atoms with Crippen LogP contribution in [0.3, 0.4) is 0 Å². The molecule has 4 heteroatoms. The van der Waals surface area contributed by atoms with E-state index < -0.39 is 17.4 Å². The first-order valence-corrected chi connectivity index (χ1v) is 3.45. The van der Waals surface area contributed by atoms with Crippen molar-refractivity contribution < 1.29 is 18.7 Å². The summed E-state index contributed by atoms with van der Waals surface area (Å²) >= 11 is 0. The molecule has 0 aliphatic heterocycles. The first-order valence-electron chi connectivity index (χ1n) is 3.45. The summed E-state index contributed by atoms with van der Waals surface area (Å²) in [4.78, 5) is 11.0. The molecule has 0 radical (unpaired) electrons. The number of carbonyl (C=O) groups excluding carboxylic acids is 1. The van der Waals surface area contributed by atoms with E-state index in [4.69, 9.17) is 5.11 Å². The molecule has 0 spiro atoms. The Labute approximate surface area is 73.1 Å². The molecule has 0 aromatic heterocycles. The fraction of sp³-hybridized carbons (Fsp3) is 0. The molecule has 0 saturated carbocycles. The highest BCUT2D eigenvalue weighted by Crippen LogP contribution is 2.10. The monoisotopic (exact) mass is 184 g/mol. The van der Waals surface area contributed by atoms with Crippen LogP contribution in [0.5, 0.6) is 0 Å². The largest absolute Gasteiger partial charge is 0.515 e. The first kappa shape index (κ1) is 9.38. The maximum atomic E-state index is 12.8. The minimum atomic E-state index is -0.942. The predicted octanol–water partition coefficient (Wildman–Crippen LogP) is 2.22. The van der Waals surface area contributed by atoms with Crippen molar-refractivity contribution in [3.05, 3.63) is 47.7 Å². The molecule has 1 aromatic rings. The maximum absolute atomic E-state index is 12.8. The number of benzene rings is 1. The minimum absolute atomic E-state index is 0.272. The second kappa shape index (κ2) is 3.80. The second-order valence-electron chi connectivity index (χ2n) is 2.30. The van der Waals surface area contributed by atoms with Gasteiger partial charge < -0.3 is 5.11 Å². The summed E-state index contributed by atoms with van der Waals surface area (Å²) in [5.41, 5.74) is -0.272. The van der Waals surface area contributed by atoms with E-state index in [9.17, 15) is 13.6 Å². The summed E-state index contributed by atoms with van der Waals surface area (Å²) in [6.45, 7) is 0. The summed E-state index contributed by atoms with van der Waals surface area (Å²) in [6.07, 6.45) is 1.29. The molecule has 1 aromatic carbocycles. The van der Waals surface area contributed by atoms with Crippen molar-refractivity contribution >= 4 is 5.78 Å². The minimum Gasteiger partial charge on any atom is -0.515 e. The topological polar surface area (TPSA) is 37.3 Å². The predicted molar refractivity (Wildman–Crippen MR) is 42.5 cm³/mol. The van der Waals surface area contributed by atoms with Crippen LogP contribution in [0.1, 0.15) is 10.4 Å². The molecule has 0 aliphatic carbocycles. The van der Waals surface area contributed by atoms with E-state index >= 15 is 0 Å². The highest BCUT2D eigenvalue weighted by Gasteiger charge is 2.09. The average Bonchev–Trinajstić information content (AvgIpc) is 2.04. The second-order valence-corrected chi connectivity index (χ2v) is 2.30. The van der Waals surface area contributed by atoms with Gasteiger partial charge in [-0.25, -0.2) is 8.78 Å². The fourth-order valence-corrected chi connectivity index (χ4v) is 0.847. The summed E-state index contributed by atoms with van der Waals surface area (Å²) in [6, 6.07) is 2.60. The van der Waals surface area contributed by atoms with Crippen LogP contribution in [0.4, 0.5) is 8.78 Å². The Bertz CT molecular complexity index is 359. The van der Waals surface area contributed by atoms with E-state index in [0.717, 1.165) is 18.2 Å². The van der Waals surface area contributed by atoms with E-state index in [2.05, 4.69) is 0 Å². The van der Waals surface area contributed by atoms with Gasteiger partial charge in [0.25, 0.3) is 0 Å². The number of carbonyl (C=O) groups is 1. The zero-order chi connectivity index (χ0) is 9.84. The zero-order valence-corrected chi connectivity index (χ0v) is 6.50. The molecule has 68 valence electrons. The number of hydrogen-bond donors (Lipinski definition) is 1. The van der Waals surface area contributed by atoms with Gasteiger partial charge in [-0.05, 0) is 12.1 Å². The van der Waals surface area contributed by atoms with Crippen molar-refractivity contribution in [1.29, 1.82) is 0 Å². The van der Waals surface area contributed by atoms with Gasteiger partial charge in [0.15, 0.2) is 5.78 Å². The van der Waals surface area contributed by atoms with Crippen LogP contribution in [0, 0.1) is 11.6 Å². The third-order valence-corrected chi connectivity index (χ3v) is 1.42. The Morgan fingerprint density at radius 2 is 2.08 bits per heavy atom. The molecule has 0 saturated heterocycles. The number of allylic oxidation sites excluding steroid dienone is 1. The Hall–Kier alpha value is -1.71. The summed E-state index contributed by atoms with van der Waals surface area (Å²) < 4.78 is 25.2. The van der Waals surface area contributed by atoms with Gasteiger partial charge in [0.05, 0.1) is 11.8 Å². The van der Waals surface area contributed by atoms with Crippen molar-refractivity contribution in [1.82, 2.24) is 0 Å². The molecule has 2 nitrogen and oxygen atoms in total. The van der Waals surface area contributed by atoms with Crippen LogP contribution >= 0.6 is 0 Å². The van der Waals surface area contributed by atoms with E-state index in [1.807, 2.05) is 0 Å².